The van der Waals surface area contributed by atoms with Crippen molar-refractivity contribution in [1.29, 1.82) is 0 Å². The Morgan fingerprint density at radius 3 is 2.61 bits per heavy atom. The van der Waals surface area contributed by atoms with Crippen LogP contribution >= 0.6 is 0 Å². The molecule has 0 saturated carbocycles. The molecular formula is C14H14F3N5O. The van der Waals surface area contributed by atoms with E-state index in [4.69, 9.17) is 10.5 Å². The lowest BCUT2D eigenvalue weighted by Crippen LogP contribution is -2.11. The van der Waals surface area contributed by atoms with Crippen molar-refractivity contribution < 1.29 is 17.9 Å². The maximum absolute atomic E-state index is 12.6. The van der Waals surface area contributed by atoms with Crippen molar-refractivity contribution in [3.63, 3.8) is 0 Å². The number of rotatable bonds is 3. The first-order chi connectivity index (χ1) is 10.8. The van der Waals surface area contributed by atoms with Gasteiger partial charge in [0.2, 0.25) is 5.88 Å². The number of aromatic nitrogens is 4. The molecule has 0 bridgehead atoms. The number of nitrogens with zero attached hydrogens (tertiary/aromatic N) is 4. The highest BCUT2D eigenvalue weighted by atomic mass is 19.4. The van der Waals surface area contributed by atoms with E-state index >= 15 is 0 Å². The van der Waals surface area contributed by atoms with Crippen molar-refractivity contribution in [3.05, 3.63) is 23.7 Å². The molecule has 0 radical (unpaired) electrons. The number of pyridine rings is 1. The van der Waals surface area contributed by atoms with Crippen LogP contribution in [0.1, 0.15) is 17.9 Å². The highest BCUT2D eigenvalue weighted by molar-refractivity contribution is 5.83. The zero-order chi connectivity index (χ0) is 16.8. The maximum atomic E-state index is 12.6. The smallest absolute Gasteiger partial charge is 0.389 e. The number of ether oxygens (including phenoxy) is 1. The van der Waals surface area contributed by atoms with Crippen LogP contribution in [0.5, 0.6) is 5.88 Å². The Hall–Kier alpha value is -2.58. The van der Waals surface area contributed by atoms with Crippen LogP contribution in [0.2, 0.25) is 0 Å². The van der Waals surface area contributed by atoms with Crippen LogP contribution in [-0.4, -0.2) is 32.6 Å². The van der Waals surface area contributed by atoms with E-state index < -0.39 is 12.6 Å². The van der Waals surface area contributed by atoms with Gasteiger partial charge in [-0.05, 0) is 13.0 Å². The summed E-state index contributed by atoms with van der Waals surface area (Å²) in [5, 5.41) is 0. The number of halogens is 3. The minimum atomic E-state index is -4.26. The van der Waals surface area contributed by atoms with E-state index in [9.17, 15) is 13.2 Å². The van der Waals surface area contributed by atoms with Gasteiger partial charge in [0.15, 0.2) is 11.5 Å². The van der Waals surface area contributed by atoms with E-state index in [2.05, 4.69) is 15.0 Å². The molecule has 0 spiro atoms. The maximum Gasteiger partial charge on any atom is 0.389 e. The second kappa shape index (κ2) is 5.25. The largest absolute Gasteiger partial charge is 0.481 e. The fraction of sp³-hybridized carbons (Fsp3) is 0.357. The number of nitrogens with two attached hydrogens (primary N) is 1. The number of imidazole rings is 1. The number of hydrogen-bond acceptors (Lipinski definition) is 5. The van der Waals surface area contributed by atoms with Gasteiger partial charge in [-0.2, -0.15) is 18.2 Å². The third-order valence-corrected chi connectivity index (χ3v) is 3.49. The normalized spacial score (nSPS) is 12.2. The molecule has 3 aromatic rings. The van der Waals surface area contributed by atoms with Crippen LogP contribution in [-0.2, 0) is 6.42 Å². The third kappa shape index (κ3) is 2.73. The number of anilines is 1. The zero-order valence-corrected chi connectivity index (χ0v) is 12.5. The molecule has 6 nitrogen and oxygen atoms in total. The molecule has 122 valence electrons. The van der Waals surface area contributed by atoms with Gasteiger partial charge in [-0.1, -0.05) is 0 Å². The molecule has 0 aromatic carbocycles. The molecule has 0 amide bonds. The van der Waals surface area contributed by atoms with Gasteiger partial charge in [0, 0.05) is 12.5 Å². The molecular weight excluding hydrogens is 311 g/mol. The number of methoxy groups -OCH3 is 1. The monoisotopic (exact) mass is 325 g/mol. The predicted octanol–water partition coefficient (Wildman–Crippen LogP) is 2.67. The second-order valence-electron chi connectivity index (χ2n) is 5.11. The van der Waals surface area contributed by atoms with Crippen LogP contribution in [0.3, 0.4) is 0 Å². The predicted molar refractivity (Wildman–Crippen MR) is 78.4 cm³/mol. The van der Waals surface area contributed by atoms with Crippen LogP contribution in [0.15, 0.2) is 12.1 Å². The van der Waals surface area contributed by atoms with E-state index in [-0.39, 0.29) is 18.1 Å². The van der Waals surface area contributed by atoms with Gasteiger partial charge in [0.05, 0.1) is 19.2 Å². The summed E-state index contributed by atoms with van der Waals surface area (Å²) in [5.41, 5.74) is 7.74. The fourth-order valence-corrected chi connectivity index (χ4v) is 2.51. The Morgan fingerprint density at radius 2 is 1.96 bits per heavy atom. The van der Waals surface area contributed by atoms with Crippen LogP contribution in [0.4, 0.5) is 19.0 Å². The summed E-state index contributed by atoms with van der Waals surface area (Å²) in [6.45, 7) is 1.68. The lowest BCUT2D eigenvalue weighted by atomic mass is 10.3. The summed E-state index contributed by atoms with van der Waals surface area (Å²) < 4.78 is 44.3. The Labute approximate surface area is 129 Å². The molecule has 0 aliphatic heterocycles. The molecule has 2 N–H and O–H groups in total. The van der Waals surface area contributed by atoms with Crippen molar-refractivity contribution in [1.82, 2.24) is 19.4 Å². The molecule has 0 saturated heterocycles. The number of nitrogen functional groups attached to an aromatic ring is 1. The molecule has 3 rings (SSSR count). The van der Waals surface area contributed by atoms with Crippen molar-refractivity contribution in [2.45, 2.75) is 25.9 Å². The molecule has 3 heterocycles. The molecule has 0 unspecified atom stereocenters. The minimum absolute atomic E-state index is 0.202. The number of fused-ring (bicyclic) bond motifs is 3. The number of aryl methyl sites for hydroxylation is 2. The highest BCUT2D eigenvalue weighted by Gasteiger charge is 2.28. The van der Waals surface area contributed by atoms with Gasteiger partial charge in [-0.25, -0.2) is 9.97 Å². The van der Waals surface area contributed by atoms with Gasteiger partial charge in [-0.3, -0.25) is 4.40 Å². The molecule has 23 heavy (non-hydrogen) atoms. The average Bonchev–Trinajstić information content (AvgIpc) is 2.82. The van der Waals surface area contributed by atoms with Crippen LogP contribution in [0, 0.1) is 6.92 Å². The summed E-state index contributed by atoms with van der Waals surface area (Å²) in [6.07, 6.45) is -5.51. The molecule has 0 aliphatic rings. The third-order valence-electron chi connectivity index (χ3n) is 3.49. The van der Waals surface area contributed by atoms with Crippen molar-refractivity contribution in [2.24, 2.45) is 0 Å². The summed E-state index contributed by atoms with van der Waals surface area (Å²) in [4.78, 5) is 12.7. The van der Waals surface area contributed by atoms with E-state index in [0.717, 1.165) is 0 Å². The Balaban J connectivity index is 2.28. The zero-order valence-electron chi connectivity index (χ0n) is 12.5. The Bertz CT molecular complexity index is 888. The van der Waals surface area contributed by atoms with Gasteiger partial charge in [0.1, 0.15) is 16.9 Å². The first-order valence-electron chi connectivity index (χ1n) is 6.85. The van der Waals surface area contributed by atoms with Gasteiger partial charge in [-0.15, -0.1) is 0 Å². The van der Waals surface area contributed by atoms with E-state index in [1.54, 1.807) is 19.1 Å². The van der Waals surface area contributed by atoms with Crippen molar-refractivity contribution in [2.75, 3.05) is 12.8 Å². The molecule has 0 atom stereocenters. The number of alkyl halides is 3. The average molecular weight is 325 g/mol. The van der Waals surface area contributed by atoms with Crippen molar-refractivity contribution >= 4 is 22.5 Å². The molecule has 9 heteroatoms. The SMILES string of the molecule is COc1ccc2nc(N)c3c(C)nc(CCC(F)(F)F)n3c2n1. The lowest BCUT2D eigenvalue weighted by molar-refractivity contribution is -0.134. The van der Waals surface area contributed by atoms with E-state index in [0.29, 0.717) is 28.3 Å². The van der Waals surface area contributed by atoms with E-state index in [1.165, 1.54) is 11.5 Å². The fourth-order valence-electron chi connectivity index (χ4n) is 2.51. The first kappa shape index (κ1) is 15.3. The summed E-state index contributed by atoms with van der Waals surface area (Å²) in [6, 6.07) is 3.26. The van der Waals surface area contributed by atoms with E-state index in [1.807, 2.05) is 0 Å². The Kier molecular flexibility index (Phi) is 3.50. The standard InChI is InChI=1S/C14H14F3N5O/c1-7-11-12(18)20-8-3-4-10(23-2)21-13(8)22(11)9(19-7)5-6-14(15,16)17/h3-4H,5-6H2,1-2H3,(H2,18,20). The summed E-state index contributed by atoms with van der Waals surface area (Å²) in [7, 11) is 1.46. The quantitative estimate of drug-likeness (QED) is 0.801. The van der Waals surface area contributed by atoms with Gasteiger partial charge >= 0.3 is 6.18 Å². The van der Waals surface area contributed by atoms with Crippen molar-refractivity contribution in [3.8, 4) is 5.88 Å². The lowest BCUT2D eigenvalue weighted by Gasteiger charge is -2.09. The molecule has 0 fully saturated rings. The van der Waals surface area contributed by atoms with Crippen LogP contribution in [0.25, 0.3) is 16.7 Å². The first-order valence-corrected chi connectivity index (χ1v) is 6.85. The van der Waals surface area contributed by atoms with Crippen LogP contribution < -0.4 is 10.5 Å². The van der Waals surface area contributed by atoms with Gasteiger partial charge < -0.3 is 10.5 Å². The summed E-state index contributed by atoms with van der Waals surface area (Å²) in [5.74, 6) is 0.779. The molecule has 3 aromatic heterocycles. The second-order valence-corrected chi connectivity index (χ2v) is 5.11. The summed E-state index contributed by atoms with van der Waals surface area (Å²) >= 11 is 0. The molecule has 0 aliphatic carbocycles. The highest BCUT2D eigenvalue weighted by Crippen LogP contribution is 2.27. The topological polar surface area (TPSA) is 78.3 Å². The Morgan fingerprint density at radius 1 is 1.22 bits per heavy atom. The van der Waals surface area contributed by atoms with Gasteiger partial charge in [0.25, 0.3) is 0 Å². The minimum Gasteiger partial charge on any atom is -0.481 e. The number of hydrogen-bond donors (Lipinski definition) is 1.